The minimum Gasteiger partial charge on any atom is -0.457 e. The van der Waals surface area contributed by atoms with Gasteiger partial charge in [-0.15, -0.1) is 0 Å². The van der Waals surface area contributed by atoms with Gasteiger partial charge in [0.15, 0.2) is 0 Å². The Hall–Kier alpha value is -1.36. The summed E-state index contributed by atoms with van der Waals surface area (Å²) in [6.07, 6.45) is 3.31. The molecule has 0 radical (unpaired) electrons. The molecule has 24 heavy (non-hydrogen) atoms. The Labute approximate surface area is 152 Å². The summed E-state index contributed by atoms with van der Waals surface area (Å²) in [5.74, 6) is 1.57. The highest BCUT2D eigenvalue weighted by molar-refractivity contribution is 9.10. The summed E-state index contributed by atoms with van der Waals surface area (Å²) in [4.78, 5) is 2.43. The predicted octanol–water partition coefficient (Wildman–Crippen LogP) is 4.93. The van der Waals surface area contributed by atoms with Gasteiger partial charge >= 0.3 is 0 Å². The van der Waals surface area contributed by atoms with Crippen molar-refractivity contribution in [1.82, 2.24) is 4.90 Å². The van der Waals surface area contributed by atoms with Gasteiger partial charge in [-0.25, -0.2) is 0 Å². The molecule has 3 nitrogen and oxygen atoms in total. The summed E-state index contributed by atoms with van der Waals surface area (Å²) in [6.45, 7) is 5.17. The SMILES string of the molecule is CC(O)(CCN1CCCC1)c1ccc(Oc2ccc(Br)cc2)cc1. The molecule has 2 aromatic rings. The van der Waals surface area contributed by atoms with E-state index in [1.807, 2.05) is 55.5 Å². The highest BCUT2D eigenvalue weighted by Crippen LogP contribution is 2.29. The van der Waals surface area contributed by atoms with Crippen molar-refractivity contribution in [3.05, 3.63) is 58.6 Å². The Kier molecular flexibility index (Phi) is 5.59. The molecule has 1 aliphatic heterocycles. The fraction of sp³-hybridized carbons (Fsp3) is 0.400. The van der Waals surface area contributed by atoms with E-state index in [1.165, 1.54) is 12.8 Å². The maximum absolute atomic E-state index is 10.8. The van der Waals surface area contributed by atoms with Crippen LogP contribution in [0.4, 0.5) is 0 Å². The molecule has 2 aromatic carbocycles. The minimum absolute atomic E-state index is 0.750. The highest BCUT2D eigenvalue weighted by Gasteiger charge is 2.24. The molecule has 1 aliphatic rings. The van der Waals surface area contributed by atoms with Gasteiger partial charge in [-0.1, -0.05) is 28.1 Å². The van der Waals surface area contributed by atoms with Crippen molar-refractivity contribution >= 4 is 15.9 Å². The van der Waals surface area contributed by atoms with E-state index in [4.69, 9.17) is 4.74 Å². The smallest absolute Gasteiger partial charge is 0.127 e. The number of benzene rings is 2. The lowest BCUT2D eigenvalue weighted by atomic mass is 9.92. The van der Waals surface area contributed by atoms with Crippen molar-refractivity contribution in [2.75, 3.05) is 19.6 Å². The van der Waals surface area contributed by atoms with Gasteiger partial charge in [-0.05, 0) is 81.2 Å². The molecule has 0 saturated carbocycles. The van der Waals surface area contributed by atoms with Crippen molar-refractivity contribution in [3.8, 4) is 11.5 Å². The number of aliphatic hydroxyl groups is 1. The maximum Gasteiger partial charge on any atom is 0.127 e. The van der Waals surface area contributed by atoms with Crippen molar-refractivity contribution in [2.45, 2.75) is 31.8 Å². The monoisotopic (exact) mass is 389 g/mol. The Morgan fingerprint density at radius 3 is 2.12 bits per heavy atom. The van der Waals surface area contributed by atoms with Gasteiger partial charge < -0.3 is 14.7 Å². The Morgan fingerprint density at radius 1 is 1.00 bits per heavy atom. The fourth-order valence-corrected chi connectivity index (χ4v) is 3.31. The third-order valence-electron chi connectivity index (χ3n) is 4.64. The third kappa shape index (κ3) is 4.59. The van der Waals surface area contributed by atoms with Crippen molar-refractivity contribution in [1.29, 1.82) is 0 Å². The first-order valence-corrected chi connectivity index (χ1v) is 9.31. The van der Waals surface area contributed by atoms with Crippen molar-refractivity contribution in [2.24, 2.45) is 0 Å². The topological polar surface area (TPSA) is 32.7 Å². The molecule has 0 amide bonds. The van der Waals surface area contributed by atoms with Crippen LogP contribution in [0.3, 0.4) is 0 Å². The van der Waals surface area contributed by atoms with Crippen LogP contribution in [0.5, 0.6) is 11.5 Å². The molecule has 128 valence electrons. The van der Waals surface area contributed by atoms with Crippen LogP contribution in [-0.4, -0.2) is 29.6 Å². The molecule has 3 rings (SSSR count). The minimum atomic E-state index is -0.807. The normalized spacial score (nSPS) is 17.6. The fourth-order valence-electron chi connectivity index (χ4n) is 3.05. The first-order valence-electron chi connectivity index (χ1n) is 8.52. The van der Waals surface area contributed by atoms with E-state index in [-0.39, 0.29) is 0 Å². The number of rotatable bonds is 6. The van der Waals surface area contributed by atoms with Crippen LogP contribution in [0.1, 0.15) is 31.7 Å². The zero-order chi connectivity index (χ0) is 17.0. The Bertz CT molecular complexity index is 646. The Balaban J connectivity index is 1.60. The molecule has 1 unspecified atom stereocenters. The molecule has 1 N–H and O–H groups in total. The lowest BCUT2D eigenvalue weighted by molar-refractivity contribution is 0.0382. The summed E-state index contributed by atoms with van der Waals surface area (Å²) in [5, 5.41) is 10.8. The predicted molar refractivity (Wildman–Crippen MR) is 101 cm³/mol. The molecule has 1 fully saturated rings. The second-order valence-corrected chi connectivity index (χ2v) is 7.57. The van der Waals surface area contributed by atoms with E-state index in [1.54, 1.807) is 0 Å². The van der Waals surface area contributed by atoms with Crippen LogP contribution in [0.2, 0.25) is 0 Å². The van der Waals surface area contributed by atoms with Crippen LogP contribution in [0, 0.1) is 0 Å². The lowest BCUT2D eigenvalue weighted by Crippen LogP contribution is -2.29. The molecule has 0 aromatic heterocycles. The van der Waals surface area contributed by atoms with E-state index in [2.05, 4.69) is 20.8 Å². The van der Waals surface area contributed by atoms with Crippen LogP contribution < -0.4 is 4.74 Å². The number of hydrogen-bond donors (Lipinski definition) is 1. The summed E-state index contributed by atoms with van der Waals surface area (Å²) >= 11 is 3.41. The zero-order valence-electron chi connectivity index (χ0n) is 14.0. The average molecular weight is 390 g/mol. The molecule has 0 aliphatic carbocycles. The molecule has 4 heteroatoms. The van der Waals surface area contributed by atoms with Gasteiger partial charge in [-0.3, -0.25) is 0 Å². The van der Waals surface area contributed by atoms with Crippen LogP contribution in [0.25, 0.3) is 0 Å². The summed E-state index contributed by atoms with van der Waals surface area (Å²) in [7, 11) is 0. The van der Waals surface area contributed by atoms with Crippen LogP contribution in [-0.2, 0) is 5.60 Å². The van der Waals surface area contributed by atoms with Crippen LogP contribution in [0.15, 0.2) is 53.0 Å². The number of ether oxygens (including phenoxy) is 1. The molecular formula is C20H24BrNO2. The largest absolute Gasteiger partial charge is 0.457 e. The number of nitrogens with zero attached hydrogens (tertiary/aromatic N) is 1. The molecule has 0 bridgehead atoms. The van der Waals surface area contributed by atoms with Crippen LogP contribution >= 0.6 is 15.9 Å². The van der Waals surface area contributed by atoms with Gasteiger partial charge in [0.25, 0.3) is 0 Å². The molecule has 1 heterocycles. The summed E-state index contributed by atoms with van der Waals surface area (Å²) < 4.78 is 6.86. The lowest BCUT2D eigenvalue weighted by Gasteiger charge is -2.26. The van der Waals surface area contributed by atoms with Gasteiger partial charge in [0.2, 0.25) is 0 Å². The maximum atomic E-state index is 10.8. The van der Waals surface area contributed by atoms with Gasteiger partial charge in [0.1, 0.15) is 11.5 Å². The standard InChI is InChI=1S/C20H24BrNO2/c1-20(23,12-15-22-13-2-3-14-22)16-4-8-18(9-5-16)24-19-10-6-17(21)7-11-19/h4-11,23H,2-3,12-15H2,1H3. The Morgan fingerprint density at radius 2 is 1.54 bits per heavy atom. The van der Waals surface area contributed by atoms with E-state index in [9.17, 15) is 5.11 Å². The molecular weight excluding hydrogens is 366 g/mol. The molecule has 0 spiro atoms. The van der Waals surface area contributed by atoms with Gasteiger partial charge in [0.05, 0.1) is 5.60 Å². The van der Waals surface area contributed by atoms with Gasteiger partial charge in [-0.2, -0.15) is 0 Å². The van der Waals surface area contributed by atoms with Crippen molar-refractivity contribution in [3.63, 3.8) is 0 Å². The molecule has 1 atom stereocenters. The quantitative estimate of drug-likeness (QED) is 0.759. The number of halogens is 1. The van der Waals surface area contributed by atoms with E-state index in [0.717, 1.165) is 47.6 Å². The first-order chi connectivity index (χ1) is 11.5. The number of hydrogen-bond acceptors (Lipinski definition) is 3. The van der Waals surface area contributed by atoms with E-state index in [0.29, 0.717) is 0 Å². The summed E-state index contributed by atoms with van der Waals surface area (Å²) in [5.41, 5.74) is 0.128. The zero-order valence-corrected chi connectivity index (χ0v) is 15.6. The van der Waals surface area contributed by atoms with E-state index < -0.39 is 5.60 Å². The average Bonchev–Trinajstić information content (AvgIpc) is 3.09. The highest BCUT2D eigenvalue weighted by atomic mass is 79.9. The number of likely N-dealkylation sites (tertiary alicyclic amines) is 1. The third-order valence-corrected chi connectivity index (χ3v) is 5.17. The van der Waals surface area contributed by atoms with Crippen molar-refractivity contribution < 1.29 is 9.84 Å². The van der Waals surface area contributed by atoms with E-state index >= 15 is 0 Å². The first kappa shape index (κ1) is 17.5. The second kappa shape index (κ2) is 7.68. The summed E-state index contributed by atoms with van der Waals surface area (Å²) in [6, 6.07) is 15.5. The second-order valence-electron chi connectivity index (χ2n) is 6.65. The molecule has 1 saturated heterocycles. The van der Waals surface area contributed by atoms with Gasteiger partial charge in [0, 0.05) is 11.0 Å².